The molecule has 3 heterocycles. The van der Waals surface area contributed by atoms with Crippen molar-refractivity contribution in [3.8, 4) is 0 Å². The van der Waals surface area contributed by atoms with E-state index in [4.69, 9.17) is 0 Å². The van der Waals surface area contributed by atoms with Crippen LogP contribution in [0.25, 0.3) is 0 Å². The Bertz CT molecular complexity index is 1480. The number of fused-ring (bicyclic) bond motifs is 1. The zero-order valence-electron chi connectivity index (χ0n) is 27.0. The molecule has 3 N–H and O–H groups in total. The van der Waals surface area contributed by atoms with Crippen molar-refractivity contribution in [3.63, 3.8) is 0 Å². The maximum Gasteiger partial charge on any atom is 0.446 e. The summed E-state index contributed by atoms with van der Waals surface area (Å²) in [6.45, 7) is 9.01. The van der Waals surface area contributed by atoms with Gasteiger partial charge in [0.25, 0.3) is 5.91 Å². The summed E-state index contributed by atoms with van der Waals surface area (Å²) in [5.41, 5.74) is -2.39. The van der Waals surface area contributed by atoms with Crippen LogP contribution in [0.3, 0.4) is 0 Å². The quantitative estimate of drug-likeness (QED) is 0.134. The van der Waals surface area contributed by atoms with Gasteiger partial charge in [-0.05, 0) is 104 Å². The third kappa shape index (κ3) is 10.0. The van der Waals surface area contributed by atoms with Crippen molar-refractivity contribution in [2.75, 3.05) is 81.9 Å². The molecule has 258 valence electrons. The molecule has 3 aliphatic rings. The van der Waals surface area contributed by atoms with Gasteiger partial charge in [0.05, 0.1) is 0 Å². The number of halogens is 3. The molecular formula is C35H43F3N6OS3. The molecule has 3 unspecified atom stereocenters. The highest BCUT2D eigenvalue weighted by atomic mass is 32.2. The second-order valence-corrected chi connectivity index (χ2v) is 15.9. The van der Waals surface area contributed by atoms with Crippen LogP contribution < -0.4 is 20.3 Å². The number of rotatable bonds is 13. The number of hydrogen-bond acceptors (Lipinski definition) is 9. The lowest BCUT2D eigenvalue weighted by atomic mass is 10.0. The Hall–Kier alpha value is -2.55. The fraction of sp³-hybridized carbons (Fsp3) is 0.457. The average Bonchev–Trinajstić information content (AvgIpc) is 3.64. The second-order valence-electron chi connectivity index (χ2n) is 12.8. The van der Waals surface area contributed by atoms with Crippen LogP contribution in [0.15, 0.2) is 87.5 Å². The van der Waals surface area contributed by atoms with E-state index in [0.29, 0.717) is 33.7 Å². The van der Waals surface area contributed by atoms with Crippen molar-refractivity contribution in [2.24, 2.45) is 11.8 Å². The maximum absolute atomic E-state index is 13.8. The van der Waals surface area contributed by atoms with Gasteiger partial charge < -0.3 is 25.3 Å². The van der Waals surface area contributed by atoms with Crippen molar-refractivity contribution in [1.82, 2.24) is 19.8 Å². The number of nitrogens with zero attached hydrogens (tertiary/aromatic N) is 3. The van der Waals surface area contributed by atoms with Crippen LogP contribution in [0.1, 0.15) is 16.8 Å². The predicted octanol–water partition coefficient (Wildman–Crippen LogP) is 6.60. The summed E-state index contributed by atoms with van der Waals surface area (Å²) in [6.07, 6.45) is 0.803. The summed E-state index contributed by atoms with van der Waals surface area (Å²) < 4.78 is 44.1. The van der Waals surface area contributed by atoms with Gasteiger partial charge in [-0.2, -0.15) is 13.2 Å². The molecule has 0 radical (unpaired) electrons. The predicted molar refractivity (Wildman–Crippen MR) is 193 cm³/mol. The Morgan fingerprint density at radius 2 is 1.65 bits per heavy atom. The van der Waals surface area contributed by atoms with E-state index in [1.54, 1.807) is 23.9 Å². The first-order valence-electron chi connectivity index (χ1n) is 16.5. The number of alkyl halides is 3. The molecule has 0 aliphatic carbocycles. The Kier molecular flexibility index (Phi) is 12.1. The molecule has 0 aromatic heterocycles. The molecule has 0 spiro atoms. The smallest absolute Gasteiger partial charge is 0.381 e. The lowest BCUT2D eigenvalue weighted by molar-refractivity contribution is -0.0328. The average molecular weight is 717 g/mol. The van der Waals surface area contributed by atoms with Gasteiger partial charge in [0.1, 0.15) is 0 Å². The van der Waals surface area contributed by atoms with Crippen molar-refractivity contribution >= 4 is 52.8 Å². The minimum Gasteiger partial charge on any atom is -0.381 e. The third-order valence-electron chi connectivity index (χ3n) is 9.16. The molecule has 0 bridgehead atoms. The van der Waals surface area contributed by atoms with Gasteiger partial charge in [-0.3, -0.25) is 9.52 Å². The van der Waals surface area contributed by atoms with Crippen LogP contribution in [-0.4, -0.2) is 99.0 Å². The summed E-state index contributed by atoms with van der Waals surface area (Å²) >= 11 is 2.60. The molecule has 6 rings (SSSR count). The summed E-state index contributed by atoms with van der Waals surface area (Å²) in [4.78, 5) is 21.9. The first-order valence-corrected chi connectivity index (χ1v) is 19.1. The van der Waals surface area contributed by atoms with Crippen LogP contribution in [0.4, 0.5) is 24.5 Å². The topological polar surface area (TPSA) is 62.9 Å². The molecule has 3 aliphatic heterocycles. The number of benzene rings is 3. The van der Waals surface area contributed by atoms with Gasteiger partial charge in [-0.1, -0.05) is 18.2 Å². The highest BCUT2D eigenvalue weighted by Gasteiger charge is 2.38. The number of anilines is 2. The Morgan fingerprint density at radius 3 is 2.33 bits per heavy atom. The normalized spacial score (nSPS) is 20.9. The number of amides is 1. The van der Waals surface area contributed by atoms with E-state index in [1.165, 1.54) is 6.07 Å². The molecule has 48 heavy (non-hydrogen) atoms. The summed E-state index contributed by atoms with van der Waals surface area (Å²) in [6, 6.07) is 22.6. The molecule has 13 heteroatoms. The van der Waals surface area contributed by atoms with Crippen molar-refractivity contribution in [3.05, 3.63) is 78.4 Å². The standard InChI is InChI=1S/C35H43F3N6OS3/c1-42-20-26-22-44(23-27(26)21-42)29-9-7-25(8-10-29)34(45)41-48-31-11-12-32(33(19-31)47-35(36,37)38)40-28(13-16-43-17-14-39-15-18-43)24-46-30-5-3-2-4-6-30/h2-12,19,26-28,39-40H,13-18,20-24H2,1H3,(H,41,45). The van der Waals surface area contributed by atoms with Gasteiger partial charge in [0.15, 0.2) is 0 Å². The molecule has 3 saturated heterocycles. The summed E-state index contributed by atoms with van der Waals surface area (Å²) in [7, 11) is 2.18. The molecule has 7 nitrogen and oxygen atoms in total. The largest absolute Gasteiger partial charge is 0.446 e. The Morgan fingerprint density at radius 1 is 0.938 bits per heavy atom. The number of carbonyl (C=O) groups excluding carboxylic acids is 1. The van der Waals surface area contributed by atoms with Gasteiger partial charge in [-0.25, -0.2) is 0 Å². The first-order chi connectivity index (χ1) is 23.2. The van der Waals surface area contributed by atoms with Gasteiger partial charge in [0.2, 0.25) is 0 Å². The number of nitrogens with one attached hydrogen (secondary N) is 3. The first kappa shape index (κ1) is 35.3. The highest BCUT2D eigenvalue weighted by Crippen LogP contribution is 2.42. The maximum atomic E-state index is 13.8. The lowest BCUT2D eigenvalue weighted by Crippen LogP contribution is -2.44. The van der Waals surface area contributed by atoms with E-state index in [9.17, 15) is 18.0 Å². The van der Waals surface area contributed by atoms with Crippen molar-refractivity contribution in [2.45, 2.75) is 32.7 Å². The van der Waals surface area contributed by atoms with E-state index in [2.05, 4.69) is 37.1 Å². The van der Waals surface area contributed by atoms with Crippen LogP contribution in [0.5, 0.6) is 0 Å². The van der Waals surface area contributed by atoms with Gasteiger partial charge in [0, 0.05) is 102 Å². The number of thioether (sulfide) groups is 2. The number of hydrogen-bond donors (Lipinski definition) is 3. The molecular weight excluding hydrogens is 674 g/mol. The molecule has 0 saturated carbocycles. The van der Waals surface area contributed by atoms with Crippen molar-refractivity contribution in [1.29, 1.82) is 0 Å². The Balaban J connectivity index is 1.09. The lowest BCUT2D eigenvalue weighted by Gasteiger charge is -2.29. The van der Waals surface area contributed by atoms with Gasteiger partial charge >= 0.3 is 5.51 Å². The van der Waals surface area contributed by atoms with Crippen molar-refractivity contribution < 1.29 is 18.0 Å². The van der Waals surface area contributed by atoms with E-state index >= 15 is 0 Å². The van der Waals surface area contributed by atoms with Crippen LogP contribution in [-0.2, 0) is 0 Å². The van der Waals surface area contributed by atoms with E-state index in [-0.39, 0.29) is 28.6 Å². The number of likely N-dealkylation sites (tertiary alicyclic amines) is 1. The number of piperazine rings is 1. The third-order valence-corrected chi connectivity index (χ3v) is 11.9. The minimum absolute atomic E-state index is 0.0413. The highest BCUT2D eigenvalue weighted by molar-refractivity contribution is 8.00. The molecule has 3 aromatic rings. The minimum atomic E-state index is -4.45. The van der Waals surface area contributed by atoms with Crippen LogP contribution >= 0.6 is 35.5 Å². The second kappa shape index (κ2) is 16.4. The summed E-state index contributed by atoms with van der Waals surface area (Å²) in [5.74, 6) is 1.80. The molecule has 1 amide bonds. The SMILES string of the molecule is CN1CC2CN(c3ccc(C(=O)NSc4ccc(NC(CCN5CCNCC5)CSc5ccccc5)c(SC(F)(F)F)c4)cc3)CC2C1. The van der Waals surface area contributed by atoms with E-state index in [1.807, 2.05) is 54.6 Å². The van der Waals surface area contributed by atoms with Crippen LogP contribution in [0, 0.1) is 11.8 Å². The zero-order chi connectivity index (χ0) is 33.5. The molecule has 3 aromatic carbocycles. The van der Waals surface area contributed by atoms with Gasteiger partial charge in [-0.15, -0.1) is 11.8 Å². The fourth-order valence-electron chi connectivity index (χ4n) is 6.72. The molecule has 3 atom stereocenters. The Labute approximate surface area is 294 Å². The zero-order valence-corrected chi connectivity index (χ0v) is 29.5. The van der Waals surface area contributed by atoms with E-state index in [0.717, 1.165) is 87.9 Å². The summed E-state index contributed by atoms with van der Waals surface area (Å²) in [5, 5.41) is 6.82. The monoisotopic (exact) mass is 716 g/mol. The van der Waals surface area contributed by atoms with Crippen LogP contribution in [0.2, 0.25) is 0 Å². The fourth-order valence-corrected chi connectivity index (χ4v) is 9.11. The van der Waals surface area contributed by atoms with E-state index < -0.39 is 5.51 Å². The molecule has 3 fully saturated rings. The number of carbonyl (C=O) groups is 1.